The Morgan fingerprint density at radius 3 is 2.13 bits per heavy atom. The molecule has 3 aromatic rings. The smallest absolute Gasteiger partial charge is 0.222 e. The molecule has 5 rings (SSSR count). The first kappa shape index (κ1) is 19.5. The molecule has 0 spiro atoms. The molecule has 0 unspecified atom stereocenters. The minimum Gasteiger partial charge on any atom is -0.311 e. The number of pyridine rings is 1. The van der Waals surface area contributed by atoms with Crippen molar-refractivity contribution in [3.8, 4) is 33.5 Å². The highest BCUT2D eigenvalue weighted by atomic mass is 19.1. The van der Waals surface area contributed by atoms with Crippen LogP contribution in [0.4, 0.5) is 10.2 Å². The molecule has 0 aliphatic heterocycles. The Kier molecular flexibility index (Phi) is 5.39. The highest BCUT2D eigenvalue weighted by Gasteiger charge is 2.21. The van der Waals surface area contributed by atoms with E-state index in [0.29, 0.717) is 18.1 Å². The van der Waals surface area contributed by atoms with Crippen molar-refractivity contribution in [1.29, 1.82) is 0 Å². The number of halogens is 1. The van der Waals surface area contributed by atoms with Crippen LogP contribution in [0, 0.1) is 5.82 Å². The van der Waals surface area contributed by atoms with Crippen molar-refractivity contribution in [2.75, 3.05) is 5.32 Å². The summed E-state index contributed by atoms with van der Waals surface area (Å²) in [7, 11) is 0. The minimum atomic E-state index is -0.304. The first-order valence-corrected chi connectivity index (χ1v) is 9.72. The van der Waals surface area contributed by atoms with E-state index < -0.39 is 0 Å². The number of rotatable bonds is 4. The first-order chi connectivity index (χ1) is 14.6. The Hall–Kier alpha value is -3.80. The number of amides is 1. The van der Waals surface area contributed by atoms with E-state index >= 15 is 0 Å². The molecule has 2 aromatic heterocycles. The molecule has 0 fully saturated rings. The predicted molar refractivity (Wildman–Crippen MR) is 116 cm³/mol. The van der Waals surface area contributed by atoms with Crippen LogP contribution in [-0.4, -0.2) is 20.7 Å². The molecule has 1 N–H and O–H groups in total. The maximum absolute atomic E-state index is 13.3. The summed E-state index contributed by atoms with van der Waals surface area (Å²) in [5.41, 5.74) is 5.99. The minimum absolute atomic E-state index is 0.175. The number of hydrogen-bond donors (Lipinski definition) is 1. The molecule has 2 heterocycles. The van der Waals surface area contributed by atoms with E-state index in [1.807, 2.05) is 19.1 Å². The fourth-order valence-electron chi connectivity index (χ4n) is 3.26. The first-order valence-electron chi connectivity index (χ1n) is 9.72. The van der Waals surface area contributed by atoms with Crippen LogP contribution < -0.4 is 5.32 Å². The largest absolute Gasteiger partial charge is 0.311 e. The van der Waals surface area contributed by atoms with Crippen LogP contribution >= 0.6 is 0 Å². The molecule has 150 valence electrons. The average molecular weight is 400 g/mol. The summed E-state index contributed by atoms with van der Waals surface area (Å²) >= 11 is 0. The number of carbonyl (C=O) groups excluding carboxylic acids is 1. The number of aryl methyl sites for hydroxylation is 1. The van der Waals surface area contributed by atoms with Crippen molar-refractivity contribution in [3.63, 3.8) is 0 Å². The van der Waals surface area contributed by atoms with Gasteiger partial charge in [0.05, 0.1) is 5.56 Å². The van der Waals surface area contributed by atoms with E-state index in [0.717, 1.165) is 16.7 Å². The number of benzene rings is 2. The van der Waals surface area contributed by atoms with Gasteiger partial charge in [-0.15, -0.1) is 0 Å². The van der Waals surface area contributed by atoms with E-state index in [1.54, 1.807) is 29.2 Å². The predicted octanol–water partition coefficient (Wildman–Crippen LogP) is 5.40. The molecule has 0 bridgehead atoms. The second-order valence-electron chi connectivity index (χ2n) is 6.89. The molecule has 30 heavy (non-hydrogen) atoms. The van der Waals surface area contributed by atoms with Gasteiger partial charge in [0.2, 0.25) is 5.91 Å². The molecule has 0 atom stereocenters. The van der Waals surface area contributed by atoms with Gasteiger partial charge in [0.25, 0.3) is 0 Å². The van der Waals surface area contributed by atoms with Gasteiger partial charge in [0, 0.05) is 31.4 Å². The van der Waals surface area contributed by atoms with Gasteiger partial charge < -0.3 is 5.32 Å². The summed E-state index contributed by atoms with van der Waals surface area (Å²) < 4.78 is 15.0. The zero-order valence-electron chi connectivity index (χ0n) is 16.8. The van der Waals surface area contributed by atoms with Gasteiger partial charge in [0.1, 0.15) is 17.3 Å². The molecule has 2 aliphatic carbocycles. The monoisotopic (exact) mass is 400 g/mol. The standard InChI is InChI=1S/C18H17FN4O.C6H4/c1-3-23-18(21-12(2)24)16(13-8-10-20-11-9-13)17(22-23)14-4-6-15(19)7-5-14;1-2-5-4-6(5)3-1/h4-11H,3H2,1-2H3,(H,21,24);1-4H. The normalized spacial score (nSPS) is 10.8. The van der Waals surface area contributed by atoms with E-state index in [2.05, 4.69) is 39.7 Å². The van der Waals surface area contributed by atoms with Crippen molar-refractivity contribution in [2.24, 2.45) is 0 Å². The molecule has 2 aliphatic rings. The Morgan fingerprint density at radius 1 is 0.967 bits per heavy atom. The maximum atomic E-state index is 13.3. The van der Waals surface area contributed by atoms with Crippen molar-refractivity contribution >= 4 is 11.7 Å². The highest BCUT2D eigenvalue weighted by Crippen LogP contribution is 2.37. The van der Waals surface area contributed by atoms with Crippen molar-refractivity contribution in [2.45, 2.75) is 20.4 Å². The second-order valence-corrected chi connectivity index (χ2v) is 6.89. The number of nitrogens with zero attached hydrogens (tertiary/aromatic N) is 3. The number of aromatic nitrogens is 3. The number of fused-ring (bicyclic) bond motifs is 1. The molecule has 5 nitrogen and oxygen atoms in total. The lowest BCUT2D eigenvalue weighted by atomic mass is 10.0. The summed E-state index contributed by atoms with van der Waals surface area (Å²) in [4.78, 5) is 15.7. The lowest BCUT2D eigenvalue weighted by molar-refractivity contribution is -0.114. The van der Waals surface area contributed by atoms with Crippen LogP contribution in [0.3, 0.4) is 0 Å². The topological polar surface area (TPSA) is 59.8 Å². The van der Waals surface area contributed by atoms with Crippen LogP contribution in [0.1, 0.15) is 13.8 Å². The third-order valence-electron chi connectivity index (χ3n) is 4.75. The third kappa shape index (κ3) is 4.12. The van der Waals surface area contributed by atoms with Crippen LogP contribution in [0.2, 0.25) is 0 Å². The van der Waals surface area contributed by atoms with Gasteiger partial charge >= 0.3 is 0 Å². The molecular formula is C24H21FN4O. The van der Waals surface area contributed by atoms with E-state index in [-0.39, 0.29) is 11.7 Å². The van der Waals surface area contributed by atoms with E-state index in [4.69, 9.17) is 0 Å². The van der Waals surface area contributed by atoms with Gasteiger partial charge in [-0.3, -0.25) is 9.78 Å². The summed E-state index contributed by atoms with van der Waals surface area (Å²) in [5.74, 6) is 0.141. The number of anilines is 1. The summed E-state index contributed by atoms with van der Waals surface area (Å²) in [5, 5.41) is 7.48. The van der Waals surface area contributed by atoms with Gasteiger partial charge in [-0.05, 0) is 66.1 Å². The summed E-state index contributed by atoms with van der Waals surface area (Å²) in [6.45, 7) is 4.00. The Labute approximate surface area is 174 Å². The average Bonchev–Trinajstić information content (AvgIpc) is 3.18. The zero-order valence-corrected chi connectivity index (χ0v) is 16.8. The molecule has 1 aromatic carbocycles. The lowest BCUT2D eigenvalue weighted by Crippen LogP contribution is -2.12. The quantitative estimate of drug-likeness (QED) is 0.440. The van der Waals surface area contributed by atoms with Gasteiger partial charge in [-0.1, -0.05) is 18.2 Å². The van der Waals surface area contributed by atoms with Gasteiger partial charge in [0.15, 0.2) is 0 Å². The van der Waals surface area contributed by atoms with Crippen LogP contribution in [0.5, 0.6) is 0 Å². The Bertz CT molecular complexity index is 1170. The SMILES string of the molecule is CCn1nc(-c2ccc(F)cc2)c(-c2ccncc2)c1NC(C)=O.c1cc2cc-2c1. The number of nitrogens with one attached hydrogen (secondary N) is 1. The van der Waals surface area contributed by atoms with Crippen molar-refractivity contribution in [3.05, 3.63) is 78.9 Å². The van der Waals surface area contributed by atoms with E-state index in [1.165, 1.54) is 30.2 Å². The molecule has 0 saturated carbocycles. The van der Waals surface area contributed by atoms with Crippen molar-refractivity contribution < 1.29 is 9.18 Å². The molecule has 1 amide bonds. The van der Waals surface area contributed by atoms with E-state index in [9.17, 15) is 9.18 Å². The second kappa shape index (κ2) is 8.29. The number of hydrogen-bond acceptors (Lipinski definition) is 3. The zero-order chi connectivity index (χ0) is 21.1. The molecule has 0 radical (unpaired) electrons. The fraction of sp³-hybridized carbons (Fsp3) is 0.125. The maximum Gasteiger partial charge on any atom is 0.222 e. The Morgan fingerprint density at radius 2 is 1.63 bits per heavy atom. The van der Waals surface area contributed by atoms with Crippen molar-refractivity contribution in [1.82, 2.24) is 14.8 Å². The summed E-state index contributed by atoms with van der Waals surface area (Å²) in [6.07, 6.45) is 3.37. The van der Waals surface area contributed by atoms with Crippen LogP contribution in [0.25, 0.3) is 33.5 Å². The fourth-order valence-corrected chi connectivity index (χ4v) is 3.26. The molecular weight excluding hydrogens is 379 g/mol. The lowest BCUT2D eigenvalue weighted by Gasteiger charge is -2.09. The molecule has 0 saturated heterocycles. The van der Waals surface area contributed by atoms with Crippen LogP contribution in [0.15, 0.2) is 73.1 Å². The third-order valence-corrected chi connectivity index (χ3v) is 4.75. The summed E-state index contributed by atoms with van der Waals surface area (Å²) in [6, 6.07) is 18.4. The highest BCUT2D eigenvalue weighted by molar-refractivity contribution is 5.97. The Balaban J connectivity index is 0.000000305. The van der Waals surface area contributed by atoms with Crippen LogP contribution in [-0.2, 0) is 11.3 Å². The number of carbonyl (C=O) groups is 1. The molecule has 6 heteroatoms. The van der Waals surface area contributed by atoms with Gasteiger partial charge in [-0.25, -0.2) is 9.07 Å². The van der Waals surface area contributed by atoms with Gasteiger partial charge in [-0.2, -0.15) is 5.10 Å².